The number of terminal acetylenes is 1. The third-order valence-corrected chi connectivity index (χ3v) is 2.61. The van der Waals surface area contributed by atoms with E-state index >= 15 is 0 Å². The lowest BCUT2D eigenvalue weighted by Crippen LogP contribution is -2.36. The molecule has 16 heavy (non-hydrogen) atoms. The molecule has 2 heteroatoms. The van der Waals surface area contributed by atoms with Gasteiger partial charge in [0, 0.05) is 5.56 Å². The largest absolute Gasteiger partial charge is 0.497 e. The van der Waals surface area contributed by atoms with Crippen molar-refractivity contribution in [3.63, 3.8) is 0 Å². The molecule has 0 saturated carbocycles. The highest BCUT2D eigenvalue weighted by molar-refractivity contribution is 5.28. The maximum absolute atomic E-state index is 5.38. The van der Waals surface area contributed by atoms with Gasteiger partial charge in [0.05, 0.1) is 21.2 Å². The van der Waals surface area contributed by atoms with E-state index < -0.39 is 0 Å². The Morgan fingerprint density at radius 3 is 2.75 bits per heavy atom. The molecule has 0 aromatic heterocycles. The van der Waals surface area contributed by atoms with Crippen molar-refractivity contribution in [2.75, 3.05) is 21.2 Å². The van der Waals surface area contributed by atoms with Crippen LogP contribution < -0.4 is 4.74 Å². The van der Waals surface area contributed by atoms with Crippen molar-refractivity contribution >= 4 is 0 Å². The predicted octanol–water partition coefficient (Wildman–Crippen LogP) is 2.42. The summed E-state index contributed by atoms with van der Waals surface area (Å²) in [4.78, 5) is 0. The van der Waals surface area contributed by atoms with E-state index in [9.17, 15) is 0 Å². The van der Waals surface area contributed by atoms with Gasteiger partial charge in [-0.1, -0.05) is 12.1 Å². The Balaban J connectivity index is 2.88. The lowest BCUT2D eigenvalue weighted by atomic mass is 10.2. The zero-order chi connectivity index (χ0) is 12.2. The number of nitrogens with zero attached hydrogens (tertiary/aromatic N) is 1. The van der Waals surface area contributed by atoms with Gasteiger partial charge in [0.15, 0.2) is 5.70 Å². The molecule has 0 bridgehead atoms. The van der Waals surface area contributed by atoms with Crippen molar-refractivity contribution in [3.8, 4) is 18.1 Å². The van der Waals surface area contributed by atoms with E-state index in [0.29, 0.717) is 4.48 Å². The maximum Gasteiger partial charge on any atom is 0.176 e. The summed E-state index contributed by atoms with van der Waals surface area (Å²) in [5.41, 5.74) is 1.95. The molecule has 0 fully saturated rings. The van der Waals surface area contributed by atoms with Crippen molar-refractivity contribution in [2.24, 2.45) is 0 Å². The highest BCUT2D eigenvalue weighted by Gasteiger charge is 2.19. The van der Waals surface area contributed by atoms with Gasteiger partial charge in [0.25, 0.3) is 0 Å². The monoisotopic (exact) mass is 216 g/mol. The molecule has 0 aliphatic rings. The van der Waals surface area contributed by atoms with Crippen molar-refractivity contribution in [3.05, 3.63) is 42.1 Å². The highest BCUT2D eigenvalue weighted by Crippen LogP contribution is 2.18. The molecule has 1 aromatic rings. The lowest BCUT2D eigenvalue weighted by Gasteiger charge is -2.28. The average molecular weight is 216 g/mol. The van der Waals surface area contributed by atoms with Crippen molar-refractivity contribution < 1.29 is 9.22 Å². The van der Waals surface area contributed by atoms with Crippen molar-refractivity contribution in [1.29, 1.82) is 0 Å². The van der Waals surface area contributed by atoms with Gasteiger partial charge in [0.1, 0.15) is 12.3 Å². The zero-order valence-corrected chi connectivity index (χ0v) is 10.2. The quantitative estimate of drug-likeness (QED) is 0.555. The Labute approximate surface area is 97.7 Å². The number of allylic oxidation sites excluding steroid dienone is 1. The summed E-state index contributed by atoms with van der Waals surface area (Å²) in [6, 6.07) is 7.99. The van der Waals surface area contributed by atoms with Crippen LogP contribution in [-0.4, -0.2) is 25.7 Å². The molecule has 1 rings (SSSR count). The van der Waals surface area contributed by atoms with Crippen LogP contribution in [0.1, 0.15) is 5.56 Å². The van der Waals surface area contributed by atoms with Crippen LogP contribution in [0, 0.1) is 12.3 Å². The summed E-state index contributed by atoms with van der Waals surface area (Å²) in [5.74, 6) is 3.47. The molecule has 0 atom stereocenters. The summed E-state index contributed by atoms with van der Waals surface area (Å²) in [5, 5.41) is 0. The van der Waals surface area contributed by atoms with E-state index in [2.05, 4.69) is 18.6 Å². The van der Waals surface area contributed by atoms with Crippen LogP contribution in [0.4, 0.5) is 0 Å². The second-order valence-corrected chi connectivity index (χ2v) is 4.29. The topological polar surface area (TPSA) is 9.23 Å². The van der Waals surface area contributed by atoms with Gasteiger partial charge in [-0.05, 0) is 24.6 Å². The normalized spacial score (nSPS) is 10.6. The first-order valence-corrected chi connectivity index (χ1v) is 5.11. The summed E-state index contributed by atoms with van der Waals surface area (Å²) < 4.78 is 5.77. The molecule has 0 aliphatic heterocycles. The second-order valence-electron chi connectivity index (χ2n) is 4.29. The summed E-state index contributed by atoms with van der Waals surface area (Å²) in [6.45, 7) is 4.69. The van der Waals surface area contributed by atoms with Crippen LogP contribution in [0.3, 0.4) is 0 Å². The van der Waals surface area contributed by atoms with E-state index in [0.717, 1.165) is 18.0 Å². The van der Waals surface area contributed by atoms with Gasteiger partial charge in [0.2, 0.25) is 0 Å². The zero-order valence-electron chi connectivity index (χ0n) is 10.2. The molecule has 0 spiro atoms. The SMILES string of the molecule is C#CC(=C)[N+](C)(C)Cc1cccc(OC)c1. The number of hydrogen-bond donors (Lipinski definition) is 0. The Bertz CT molecular complexity index is 427. The van der Waals surface area contributed by atoms with E-state index in [-0.39, 0.29) is 0 Å². The fraction of sp³-hybridized carbons (Fsp3) is 0.286. The third kappa shape index (κ3) is 2.88. The first-order chi connectivity index (χ1) is 7.49. The third-order valence-electron chi connectivity index (χ3n) is 2.61. The number of benzene rings is 1. The molecular formula is C14H18NO+. The van der Waals surface area contributed by atoms with Gasteiger partial charge < -0.3 is 4.74 Å². The van der Waals surface area contributed by atoms with Crippen LogP contribution in [0.2, 0.25) is 0 Å². The number of rotatable bonds is 4. The van der Waals surface area contributed by atoms with E-state index in [4.69, 9.17) is 11.2 Å². The average Bonchev–Trinajstić information content (AvgIpc) is 2.27. The molecule has 0 aliphatic carbocycles. The minimum Gasteiger partial charge on any atom is -0.497 e. The molecule has 0 heterocycles. The molecule has 0 saturated heterocycles. The van der Waals surface area contributed by atoms with Crippen molar-refractivity contribution in [1.82, 2.24) is 0 Å². The second kappa shape index (κ2) is 4.87. The van der Waals surface area contributed by atoms with E-state index in [1.807, 2.05) is 32.3 Å². The fourth-order valence-corrected chi connectivity index (χ4v) is 1.50. The molecule has 0 amide bonds. The van der Waals surface area contributed by atoms with Crippen LogP contribution in [0.25, 0.3) is 0 Å². The van der Waals surface area contributed by atoms with Gasteiger partial charge in [-0.2, -0.15) is 0 Å². The minimum absolute atomic E-state index is 0.587. The Morgan fingerprint density at radius 1 is 1.50 bits per heavy atom. The van der Waals surface area contributed by atoms with Crippen LogP contribution >= 0.6 is 0 Å². The number of ether oxygens (including phenoxy) is 1. The van der Waals surface area contributed by atoms with Crippen LogP contribution in [0.5, 0.6) is 5.75 Å². The summed E-state index contributed by atoms with van der Waals surface area (Å²) in [7, 11) is 5.75. The molecule has 84 valence electrons. The molecule has 0 unspecified atom stereocenters. The van der Waals surface area contributed by atoms with Gasteiger partial charge in [-0.3, -0.25) is 4.48 Å². The predicted molar refractivity (Wildman–Crippen MR) is 66.8 cm³/mol. The van der Waals surface area contributed by atoms with Gasteiger partial charge in [-0.25, -0.2) is 0 Å². The first kappa shape index (κ1) is 12.4. The molecule has 2 nitrogen and oxygen atoms in total. The van der Waals surface area contributed by atoms with Gasteiger partial charge in [-0.15, -0.1) is 6.42 Å². The Kier molecular flexibility index (Phi) is 3.76. The molecular weight excluding hydrogens is 198 g/mol. The summed E-state index contributed by atoms with van der Waals surface area (Å²) >= 11 is 0. The smallest absolute Gasteiger partial charge is 0.176 e. The Hall–Kier alpha value is -1.72. The maximum atomic E-state index is 5.38. The highest BCUT2D eigenvalue weighted by atomic mass is 16.5. The molecule has 1 aromatic carbocycles. The minimum atomic E-state index is 0.587. The molecule has 0 radical (unpaired) electrons. The van der Waals surface area contributed by atoms with E-state index in [1.165, 1.54) is 5.56 Å². The fourth-order valence-electron chi connectivity index (χ4n) is 1.50. The standard InChI is InChI=1S/C14H18NO/c1-6-12(2)15(3,4)11-13-8-7-9-14(10-13)16-5/h1,7-10H,2,11H2,3-5H3/q+1. The first-order valence-electron chi connectivity index (χ1n) is 5.11. The number of hydrogen-bond acceptors (Lipinski definition) is 1. The summed E-state index contributed by atoms with van der Waals surface area (Å²) in [6.07, 6.45) is 5.38. The van der Waals surface area contributed by atoms with Crippen LogP contribution in [-0.2, 0) is 6.54 Å². The lowest BCUT2D eigenvalue weighted by molar-refractivity contribution is -0.861. The molecule has 0 N–H and O–H groups in total. The van der Waals surface area contributed by atoms with Gasteiger partial charge >= 0.3 is 0 Å². The van der Waals surface area contributed by atoms with E-state index in [1.54, 1.807) is 7.11 Å². The number of methoxy groups -OCH3 is 1. The van der Waals surface area contributed by atoms with Crippen LogP contribution in [0.15, 0.2) is 36.5 Å². The number of quaternary nitrogens is 1. The van der Waals surface area contributed by atoms with Crippen molar-refractivity contribution in [2.45, 2.75) is 6.54 Å². The Morgan fingerprint density at radius 2 is 2.19 bits per heavy atom.